The van der Waals surface area contributed by atoms with Gasteiger partial charge in [0.25, 0.3) is 0 Å². The van der Waals surface area contributed by atoms with Gasteiger partial charge in [-0.1, -0.05) is 26.0 Å². The zero-order valence-corrected chi connectivity index (χ0v) is 10.5. The Morgan fingerprint density at radius 3 is 2.81 bits per heavy atom. The van der Waals surface area contributed by atoms with Crippen molar-refractivity contribution >= 4 is 15.7 Å². The average molecular weight is 239 g/mol. The van der Waals surface area contributed by atoms with E-state index in [4.69, 9.17) is 0 Å². The summed E-state index contributed by atoms with van der Waals surface area (Å²) in [6, 6.07) is 6.01. The highest BCUT2D eigenvalue weighted by atomic mass is 32.2. The fourth-order valence-corrected chi connectivity index (χ4v) is 3.14. The molecule has 1 N–H and O–H groups in total. The summed E-state index contributed by atoms with van der Waals surface area (Å²) in [5.74, 6) is 0.823. The number of fused-ring (bicyclic) bond motifs is 1. The molecule has 0 saturated carbocycles. The molecule has 1 aliphatic heterocycles. The molecule has 0 spiro atoms. The summed E-state index contributed by atoms with van der Waals surface area (Å²) in [5.41, 5.74) is 3.15. The molecule has 1 heterocycles. The van der Waals surface area contributed by atoms with E-state index >= 15 is 0 Å². The van der Waals surface area contributed by atoms with Crippen molar-refractivity contribution < 1.29 is 8.42 Å². The van der Waals surface area contributed by atoms with Crippen LogP contribution in [-0.2, 0) is 22.9 Å². The Kier molecular flexibility index (Phi) is 2.93. The Balaban J connectivity index is 2.28. The minimum atomic E-state index is -3.08. The molecule has 1 aromatic rings. The fraction of sp³-hybridized carbons (Fsp3) is 0.500. The van der Waals surface area contributed by atoms with E-state index in [2.05, 4.69) is 24.6 Å². The SMILES string of the molecule is CC(C)Cc1ccc2c(c1)CCS(=O)(=O)N2. The molecule has 0 atom stereocenters. The van der Waals surface area contributed by atoms with E-state index in [1.165, 1.54) is 5.56 Å². The third-order valence-corrected chi connectivity index (χ3v) is 3.99. The third-order valence-electron chi connectivity index (χ3n) is 2.72. The molecule has 2 rings (SSSR count). The van der Waals surface area contributed by atoms with Gasteiger partial charge in [0.1, 0.15) is 0 Å². The van der Waals surface area contributed by atoms with Gasteiger partial charge >= 0.3 is 0 Å². The van der Waals surface area contributed by atoms with Gasteiger partial charge < -0.3 is 0 Å². The monoisotopic (exact) mass is 239 g/mol. The molecule has 88 valence electrons. The van der Waals surface area contributed by atoms with Crippen molar-refractivity contribution in [3.63, 3.8) is 0 Å². The number of rotatable bonds is 2. The van der Waals surface area contributed by atoms with E-state index in [1.807, 2.05) is 12.1 Å². The smallest absolute Gasteiger partial charge is 0.233 e. The van der Waals surface area contributed by atoms with E-state index in [0.29, 0.717) is 12.3 Å². The number of nitrogens with one attached hydrogen (secondary N) is 1. The van der Waals surface area contributed by atoms with Gasteiger partial charge in [0.15, 0.2) is 0 Å². The van der Waals surface area contributed by atoms with Crippen LogP contribution in [0, 0.1) is 5.92 Å². The zero-order chi connectivity index (χ0) is 11.8. The molecule has 0 amide bonds. The number of benzene rings is 1. The third kappa shape index (κ3) is 2.55. The van der Waals surface area contributed by atoms with Gasteiger partial charge in [0.2, 0.25) is 10.0 Å². The Bertz CT molecular complexity index is 492. The standard InChI is InChI=1S/C12H17NO2S/c1-9(2)7-10-3-4-12-11(8-10)5-6-16(14,15)13-12/h3-4,8-9,13H,5-7H2,1-2H3. The zero-order valence-electron chi connectivity index (χ0n) is 9.66. The first kappa shape index (κ1) is 11.5. The summed E-state index contributed by atoms with van der Waals surface area (Å²) < 4.78 is 25.3. The summed E-state index contributed by atoms with van der Waals surface area (Å²) in [6.45, 7) is 4.37. The van der Waals surface area contributed by atoms with E-state index in [-0.39, 0.29) is 5.75 Å². The number of hydrogen-bond donors (Lipinski definition) is 1. The Hall–Kier alpha value is -1.03. The molecule has 4 heteroatoms. The van der Waals surface area contributed by atoms with Gasteiger partial charge in [-0.05, 0) is 36.0 Å². The molecule has 0 saturated heterocycles. The van der Waals surface area contributed by atoms with Crippen LogP contribution in [0.1, 0.15) is 25.0 Å². The normalized spacial score (nSPS) is 17.9. The number of hydrogen-bond acceptors (Lipinski definition) is 2. The molecular weight excluding hydrogens is 222 g/mol. The lowest BCUT2D eigenvalue weighted by Crippen LogP contribution is -2.24. The molecule has 1 aromatic carbocycles. The maximum Gasteiger partial charge on any atom is 0.233 e. The highest BCUT2D eigenvalue weighted by molar-refractivity contribution is 7.92. The molecule has 0 aromatic heterocycles. The quantitative estimate of drug-likeness (QED) is 0.860. The van der Waals surface area contributed by atoms with Crippen molar-refractivity contribution in [2.45, 2.75) is 26.7 Å². The second-order valence-electron chi connectivity index (χ2n) is 4.76. The highest BCUT2D eigenvalue weighted by Crippen LogP contribution is 2.25. The van der Waals surface area contributed by atoms with Crippen molar-refractivity contribution in [1.82, 2.24) is 0 Å². The molecule has 0 unspecified atom stereocenters. The topological polar surface area (TPSA) is 46.2 Å². The van der Waals surface area contributed by atoms with E-state index < -0.39 is 10.0 Å². The Labute approximate surface area is 96.9 Å². The minimum Gasteiger partial charge on any atom is -0.283 e. The fourth-order valence-electron chi connectivity index (χ4n) is 2.01. The molecule has 0 bridgehead atoms. The van der Waals surface area contributed by atoms with Crippen LogP contribution in [0.4, 0.5) is 5.69 Å². The average Bonchev–Trinajstić information content (AvgIpc) is 2.16. The highest BCUT2D eigenvalue weighted by Gasteiger charge is 2.19. The maximum atomic E-state index is 11.4. The predicted molar refractivity (Wildman–Crippen MR) is 66.1 cm³/mol. The van der Waals surface area contributed by atoms with Gasteiger partial charge in [-0.2, -0.15) is 0 Å². The summed E-state index contributed by atoms with van der Waals surface area (Å²) in [4.78, 5) is 0. The minimum absolute atomic E-state index is 0.200. The maximum absolute atomic E-state index is 11.4. The molecule has 1 aliphatic rings. The van der Waals surface area contributed by atoms with Crippen LogP contribution in [0.15, 0.2) is 18.2 Å². The molecule has 0 radical (unpaired) electrons. The van der Waals surface area contributed by atoms with Crippen molar-refractivity contribution in [2.24, 2.45) is 5.92 Å². The summed E-state index contributed by atoms with van der Waals surface area (Å²) in [7, 11) is -3.08. The molecule has 0 aliphatic carbocycles. The molecular formula is C12H17NO2S. The van der Waals surface area contributed by atoms with Crippen LogP contribution < -0.4 is 4.72 Å². The van der Waals surface area contributed by atoms with Gasteiger partial charge in [-0.25, -0.2) is 8.42 Å². The molecule has 3 nitrogen and oxygen atoms in total. The predicted octanol–water partition coefficient (Wildman–Crippen LogP) is 2.18. The first-order valence-corrected chi connectivity index (χ1v) is 7.24. The molecule has 16 heavy (non-hydrogen) atoms. The van der Waals surface area contributed by atoms with Gasteiger partial charge in [0.05, 0.1) is 11.4 Å². The first-order chi connectivity index (χ1) is 7.46. The van der Waals surface area contributed by atoms with Gasteiger partial charge in [-0.3, -0.25) is 4.72 Å². The second-order valence-corrected chi connectivity index (χ2v) is 6.60. The largest absolute Gasteiger partial charge is 0.283 e. The van der Waals surface area contributed by atoms with Gasteiger partial charge in [-0.15, -0.1) is 0 Å². The number of sulfonamides is 1. The van der Waals surface area contributed by atoms with Crippen LogP contribution in [0.3, 0.4) is 0 Å². The first-order valence-electron chi connectivity index (χ1n) is 5.58. The lowest BCUT2D eigenvalue weighted by molar-refractivity contribution is 0.598. The van der Waals surface area contributed by atoms with E-state index in [9.17, 15) is 8.42 Å². The second kappa shape index (κ2) is 4.09. The van der Waals surface area contributed by atoms with E-state index in [1.54, 1.807) is 0 Å². The lowest BCUT2D eigenvalue weighted by Gasteiger charge is -2.19. The van der Waals surface area contributed by atoms with Crippen LogP contribution in [0.2, 0.25) is 0 Å². The van der Waals surface area contributed by atoms with Gasteiger partial charge in [0, 0.05) is 0 Å². The van der Waals surface area contributed by atoms with Crippen molar-refractivity contribution in [3.05, 3.63) is 29.3 Å². The van der Waals surface area contributed by atoms with Crippen LogP contribution in [0.5, 0.6) is 0 Å². The molecule has 0 fully saturated rings. The van der Waals surface area contributed by atoms with E-state index in [0.717, 1.165) is 17.7 Å². The summed E-state index contributed by atoms with van der Waals surface area (Å²) in [5, 5.41) is 0. The van der Waals surface area contributed by atoms with Crippen LogP contribution >= 0.6 is 0 Å². The van der Waals surface area contributed by atoms with Crippen molar-refractivity contribution in [3.8, 4) is 0 Å². The van der Waals surface area contributed by atoms with Crippen molar-refractivity contribution in [1.29, 1.82) is 0 Å². The van der Waals surface area contributed by atoms with Crippen LogP contribution in [0.25, 0.3) is 0 Å². The lowest BCUT2D eigenvalue weighted by atomic mass is 9.99. The summed E-state index contributed by atoms with van der Waals surface area (Å²) >= 11 is 0. The Morgan fingerprint density at radius 1 is 1.38 bits per heavy atom. The Morgan fingerprint density at radius 2 is 2.12 bits per heavy atom. The number of aryl methyl sites for hydroxylation is 1. The van der Waals surface area contributed by atoms with Crippen LogP contribution in [-0.4, -0.2) is 14.2 Å². The van der Waals surface area contributed by atoms with Crippen molar-refractivity contribution in [2.75, 3.05) is 10.5 Å². The number of anilines is 1. The summed E-state index contributed by atoms with van der Waals surface area (Å²) in [6.07, 6.45) is 1.66.